The first kappa shape index (κ1) is 9.38. The second kappa shape index (κ2) is 3.52. The Hall–Kier alpha value is -0.620. The Kier molecular flexibility index (Phi) is 3.31. The van der Waals surface area contributed by atoms with E-state index >= 15 is 0 Å². The van der Waals surface area contributed by atoms with Crippen LogP contribution in [0.25, 0.3) is 0 Å². The van der Waals surface area contributed by atoms with Gasteiger partial charge in [-0.3, -0.25) is 4.79 Å². The topological polar surface area (TPSA) is 89.3 Å². The van der Waals surface area contributed by atoms with Crippen molar-refractivity contribution in [2.75, 3.05) is 6.54 Å². The molecule has 3 N–H and O–H groups in total. The molecule has 5 nitrogen and oxygen atoms in total. The van der Waals surface area contributed by atoms with E-state index < -0.39 is 15.3 Å². The fourth-order valence-corrected chi connectivity index (χ4v) is 0.631. The summed E-state index contributed by atoms with van der Waals surface area (Å²) in [6.07, 6.45) is 0.682. The first-order chi connectivity index (χ1) is 4.48. The van der Waals surface area contributed by atoms with E-state index in [4.69, 9.17) is 0 Å². The summed E-state index contributed by atoms with van der Waals surface area (Å²) in [4.78, 5) is 10.4. The predicted molar refractivity (Wildman–Crippen MR) is 36.8 cm³/mol. The van der Waals surface area contributed by atoms with Gasteiger partial charge in [0.2, 0.25) is 0 Å². The minimum atomic E-state index is -4.03. The van der Waals surface area contributed by atoms with Crippen LogP contribution in [-0.2, 0) is 10.0 Å². The zero-order valence-electron chi connectivity index (χ0n) is 5.62. The highest BCUT2D eigenvalue weighted by Crippen LogP contribution is 1.80. The molecule has 0 saturated heterocycles. The number of nitrogens with two attached hydrogens (primary N) is 1. The first-order valence-corrected chi connectivity index (χ1v) is 4.33. The monoisotopic (exact) mass is 166 g/mol. The molecule has 0 aliphatic heterocycles. The van der Waals surface area contributed by atoms with E-state index in [1.54, 1.807) is 0 Å². The van der Waals surface area contributed by atoms with Gasteiger partial charge in [-0.05, 0) is 6.42 Å². The van der Waals surface area contributed by atoms with Gasteiger partial charge in [0.15, 0.2) is 0 Å². The van der Waals surface area contributed by atoms with E-state index in [-0.39, 0.29) is 0 Å². The van der Waals surface area contributed by atoms with Crippen LogP contribution < -0.4 is 10.5 Å². The standard InChI is InChI=1S/C4H10N2O3S/c1-2-3-6-4(7)10(5,8)9/h2-3H2,1H3,(H,6,7)(H2,5,8,9). The summed E-state index contributed by atoms with van der Waals surface area (Å²) in [5.74, 6) is 0. The van der Waals surface area contributed by atoms with Gasteiger partial charge in [0.1, 0.15) is 0 Å². The van der Waals surface area contributed by atoms with Crippen molar-refractivity contribution in [2.45, 2.75) is 13.3 Å². The normalized spacial score (nSPS) is 11.0. The van der Waals surface area contributed by atoms with Gasteiger partial charge in [-0.25, -0.2) is 13.6 Å². The van der Waals surface area contributed by atoms with Crippen LogP contribution in [0.4, 0.5) is 4.79 Å². The molecule has 0 atom stereocenters. The van der Waals surface area contributed by atoms with E-state index in [1.807, 2.05) is 6.92 Å². The molecule has 0 fully saturated rings. The highest BCUT2D eigenvalue weighted by molar-refractivity contribution is 8.04. The molecule has 0 spiro atoms. The fourth-order valence-electron chi connectivity index (χ4n) is 0.328. The zero-order valence-corrected chi connectivity index (χ0v) is 6.44. The number of carbonyl (C=O) groups excluding carboxylic acids is 1. The summed E-state index contributed by atoms with van der Waals surface area (Å²) >= 11 is 0. The lowest BCUT2D eigenvalue weighted by Gasteiger charge is -1.98. The molecule has 0 rings (SSSR count). The van der Waals surface area contributed by atoms with Gasteiger partial charge in [-0.15, -0.1) is 0 Å². The predicted octanol–water partition coefficient (Wildman–Crippen LogP) is -0.605. The van der Waals surface area contributed by atoms with Crippen LogP contribution in [0.15, 0.2) is 0 Å². The molecule has 0 unspecified atom stereocenters. The van der Waals surface area contributed by atoms with Gasteiger partial charge in [-0.1, -0.05) is 6.92 Å². The van der Waals surface area contributed by atoms with Crippen molar-refractivity contribution in [3.63, 3.8) is 0 Å². The van der Waals surface area contributed by atoms with Crippen LogP contribution in [0, 0.1) is 0 Å². The fraction of sp³-hybridized carbons (Fsp3) is 0.750. The Balaban J connectivity index is 3.88. The number of sulfonamides is 1. The molecule has 60 valence electrons. The Labute approximate surface area is 59.6 Å². The number of nitrogens with one attached hydrogen (secondary N) is 1. The van der Waals surface area contributed by atoms with Crippen LogP contribution in [0.1, 0.15) is 13.3 Å². The molecule has 0 radical (unpaired) electrons. The number of amides is 1. The number of carbonyl (C=O) groups is 1. The molecule has 0 aliphatic carbocycles. The van der Waals surface area contributed by atoms with E-state index in [9.17, 15) is 13.2 Å². The molecule has 1 amide bonds. The Morgan fingerprint density at radius 1 is 1.60 bits per heavy atom. The van der Waals surface area contributed by atoms with Crippen molar-refractivity contribution in [1.82, 2.24) is 5.32 Å². The third-order valence-electron chi connectivity index (χ3n) is 0.778. The van der Waals surface area contributed by atoms with E-state index in [2.05, 4.69) is 10.5 Å². The molecule has 0 aromatic rings. The number of hydrogen-bond donors (Lipinski definition) is 2. The van der Waals surface area contributed by atoms with Crippen LogP contribution in [-0.4, -0.2) is 20.2 Å². The van der Waals surface area contributed by atoms with Crippen molar-refractivity contribution < 1.29 is 13.2 Å². The molecule has 6 heteroatoms. The minimum Gasteiger partial charge on any atom is -0.342 e. The molecule has 10 heavy (non-hydrogen) atoms. The summed E-state index contributed by atoms with van der Waals surface area (Å²) < 4.78 is 20.4. The molecular weight excluding hydrogens is 156 g/mol. The van der Waals surface area contributed by atoms with Crippen LogP contribution in [0.3, 0.4) is 0 Å². The van der Waals surface area contributed by atoms with E-state index in [0.717, 1.165) is 0 Å². The van der Waals surface area contributed by atoms with Gasteiger partial charge in [0.25, 0.3) is 10.0 Å². The van der Waals surface area contributed by atoms with Gasteiger partial charge in [-0.2, -0.15) is 0 Å². The molecule has 0 bridgehead atoms. The maximum Gasteiger partial charge on any atom is 0.351 e. The Bertz CT molecular complexity index is 209. The smallest absolute Gasteiger partial charge is 0.342 e. The van der Waals surface area contributed by atoms with Gasteiger partial charge in [0.05, 0.1) is 0 Å². The largest absolute Gasteiger partial charge is 0.351 e. The maximum absolute atomic E-state index is 10.4. The zero-order chi connectivity index (χ0) is 8.20. The molecule has 0 aromatic heterocycles. The van der Waals surface area contributed by atoms with Crippen molar-refractivity contribution in [3.05, 3.63) is 0 Å². The third kappa shape index (κ3) is 3.41. The quantitative estimate of drug-likeness (QED) is 0.573. The Morgan fingerprint density at radius 2 is 2.10 bits per heavy atom. The SMILES string of the molecule is CCCNC(=O)S(N)(=O)=O. The van der Waals surface area contributed by atoms with Crippen molar-refractivity contribution in [1.29, 1.82) is 0 Å². The number of hydrogen-bond acceptors (Lipinski definition) is 3. The lowest BCUT2D eigenvalue weighted by molar-refractivity contribution is 0.258. The number of primary sulfonamides is 1. The second-order valence-corrected chi connectivity index (χ2v) is 3.22. The van der Waals surface area contributed by atoms with Gasteiger partial charge < -0.3 is 5.32 Å². The van der Waals surface area contributed by atoms with Crippen molar-refractivity contribution in [2.24, 2.45) is 5.14 Å². The second-order valence-electron chi connectivity index (χ2n) is 1.76. The van der Waals surface area contributed by atoms with Crippen molar-refractivity contribution >= 4 is 15.3 Å². The summed E-state index contributed by atoms with van der Waals surface area (Å²) in [6.45, 7) is 2.14. The van der Waals surface area contributed by atoms with Crippen molar-refractivity contribution in [3.8, 4) is 0 Å². The van der Waals surface area contributed by atoms with E-state index in [1.165, 1.54) is 0 Å². The van der Waals surface area contributed by atoms with Crippen LogP contribution in [0.5, 0.6) is 0 Å². The summed E-state index contributed by atoms with van der Waals surface area (Å²) in [5, 5.41) is 5.48. The molecular formula is C4H10N2O3S. The average Bonchev–Trinajstić information content (AvgIpc) is 1.80. The van der Waals surface area contributed by atoms with Crippen LogP contribution >= 0.6 is 0 Å². The summed E-state index contributed by atoms with van der Waals surface area (Å²) in [6, 6.07) is 0. The molecule has 0 aromatic carbocycles. The Morgan fingerprint density at radius 3 is 2.40 bits per heavy atom. The van der Waals surface area contributed by atoms with E-state index in [0.29, 0.717) is 13.0 Å². The average molecular weight is 166 g/mol. The van der Waals surface area contributed by atoms with Crippen LogP contribution in [0.2, 0.25) is 0 Å². The molecule has 0 saturated carbocycles. The first-order valence-electron chi connectivity index (χ1n) is 2.79. The maximum atomic E-state index is 10.4. The highest BCUT2D eigenvalue weighted by Gasteiger charge is 2.13. The summed E-state index contributed by atoms with van der Waals surface area (Å²) in [7, 11) is -4.03. The summed E-state index contributed by atoms with van der Waals surface area (Å²) in [5.41, 5.74) is 0. The lowest BCUT2D eigenvalue weighted by atomic mass is 10.5. The third-order valence-corrected chi connectivity index (χ3v) is 1.44. The van der Waals surface area contributed by atoms with Gasteiger partial charge >= 0.3 is 5.24 Å². The molecule has 0 heterocycles. The molecule has 0 aliphatic rings. The minimum absolute atomic E-state index is 0.329. The number of rotatable bonds is 2. The lowest BCUT2D eigenvalue weighted by Crippen LogP contribution is -2.34. The highest BCUT2D eigenvalue weighted by atomic mass is 32.2. The van der Waals surface area contributed by atoms with Gasteiger partial charge in [0, 0.05) is 6.54 Å².